The van der Waals surface area contributed by atoms with Crippen LogP contribution in [0.1, 0.15) is 31.7 Å². The highest BCUT2D eigenvalue weighted by Crippen LogP contribution is 2.27. The SMILES string of the molecule is CCC(C)c1ccccc1N(C)C. The Morgan fingerprint density at radius 2 is 1.85 bits per heavy atom. The van der Waals surface area contributed by atoms with Crippen molar-refractivity contribution in [3.05, 3.63) is 29.8 Å². The second-order valence-corrected chi connectivity index (χ2v) is 3.76. The quantitative estimate of drug-likeness (QED) is 0.685. The molecule has 13 heavy (non-hydrogen) atoms. The van der Waals surface area contributed by atoms with Crippen LogP contribution in [0.5, 0.6) is 0 Å². The zero-order chi connectivity index (χ0) is 9.84. The van der Waals surface area contributed by atoms with E-state index in [1.165, 1.54) is 17.7 Å². The molecule has 0 saturated heterocycles. The smallest absolute Gasteiger partial charge is 0.0396 e. The van der Waals surface area contributed by atoms with Gasteiger partial charge < -0.3 is 4.90 Å². The van der Waals surface area contributed by atoms with E-state index in [4.69, 9.17) is 0 Å². The van der Waals surface area contributed by atoms with Gasteiger partial charge in [-0.15, -0.1) is 0 Å². The first kappa shape index (κ1) is 10.1. The van der Waals surface area contributed by atoms with E-state index in [0.29, 0.717) is 5.92 Å². The molecule has 0 amide bonds. The van der Waals surface area contributed by atoms with Crippen LogP contribution in [0.4, 0.5) is 5.69 Å². The number of hydrogen-bond donors (Lipinski definition) is 0. The molecule has 1 nitrogen and oxygen atoms in total. The standard InChI is InChI=1S/C12H19N/c1-5-10(2)11-8-6-7-9-12(11)13(3)4/h6-10H,5H2,1-4H3. The van der Waals surface area contributed by atoms with Gasteiger partial charge in [0.15, 0.2) is 0 Å². The van der Waals surface area contributed by atoms with Crippen LogP contribution < -0.4 is 4.90 Å². The lowest BCUT2D eigenvalue weighted by Gasteiger charge is -2.20. The Labute approximate surface area is 81.4 Å². The molecule has 0 radical (unpaired) electrons. The van der Waals surface area contributed by atoms with Crippen LogP contribution in [0, 0.1) is 0 Å². The van der Waals surface area contributed by atoms with E-state index in [-0.39, 0.29) is 0 Å². The molecule has 1 aromatic rings. The summed E-state index contributed by atoms with van der Waals surface area (Å²) in [4.78, 5) is 2.18. The first-order valence-corrected chi connectivity index (χ1v) is 4.93. The van der Waals surface area contributed by atoms with Crippen molar-refractivity contribution in [1.29, 1.82) is 0 Å². The number of hydrogen-bond acceptors (Lipinski definition) is 1. The molecule has 0 saturated carbocycles. The van der Waals surface area contributed by atoms with E-state index in [1.807, 2.05) is 0 Å². The molecule has 1 rings (SSSR count). The van der Waals surface area contributed by atoms with Crippen LogP contribution in [-0.4, -0.2) is 14.1 Å². The van der Waals surface area contributed by atoms with E-state index in [2.05, 4.69) is 57.1 Å². The van der Waals surface area contributed by atoms with Gasteiger partial charge in [-0.2, -0.15) is 0 Å². The van der Waals surface area contributed by atoms with E-state index >= 15 is 0 Å². The minimum Gasteiger partial charge on any atom is -0.377 e. The molecule has 1 unspecified atom stereocenters. The summed E-state index contributed by atoms with van der Waals surface area (Å²) in [6.45, 7) is 4.51. The minimum atomic E-state index is 0.651. The van der Waals surface area contributed by atoms with Crippen LogP contribution in [0.3, 0.4) is 0 Å². The van der Waals surface area contributed by atoms with Gasteiger partial charge in [0.1, 0.15) is 0 Å². The number of benzene rings is 1. The number of para-hydroxylation sites is 1. The minimum absolute atomic E-state index is 0.651. The Bertz CT molecular complexity index is 266. The summed E-state index contributed by atoms with van der Waals surface area (Å²) in [6.07, 6.45) is 1.20. The molecule has 0 N–H and O–H groups in total. The summed E-state index contributed by atoms with van der Waals surface area (Å²) >= 11 is 0. The van der Waals surface area contributed by atoms with Gasteiger partial charge in [0.2, 0.25) is 0 Å². The fourth-order valence-corrected chi connectivity index (χ4v) is 1.53. The molecule has 1 heteroatoms. The van der Waals surface area contributed by atoms with Crippen molar-refractivity contribution in [3.8, 4) is 0 Å². The van der Waals surface area contributed by atoms with Gasteiger partial charge in [-0.1, -0.05) is 32.0 Å². The van der Waals surface area contributed by atoms with Gasteiger partial charge >= 0.3 is 0 Å². The summed E-state index contributed by atoms with van der Waals surface area (Å²) in [5.41, 5.74) is 2.80. The molecular weight excluding hydrogens is 158 g/mol. The fraction of sp³-hybridized carbons (Fsp3) is 0.500. The molecule has 1 atom stereocenters. The number of nitrogens with zero attached hydrogens (tertiary/aromatic N) is 1. The van der Waals surface area contributed by atoms with Crippen molar-refractivity contribution < 1.29 is 0 Å². The molecule has 0 bridgehead atoms. The van der Waals surface area contributed by atoms with Crippen molar-refractivity contribution in [1.82, 2.24) is 0 Å². The lowest BCUT2D eigenvalue weighted by atomic mass is 9.96. The summed E-state index contributed by atoms with van der Waals surface area (Å²) in [6, 6.07) is 8.63. The van der Waals surface area contributed by atoms with Crippen molar-refractivity contribution in [2.75, 3.05) is 19.0 Å². The molecular formula is C12H19N. The first-order chi connectivity index (χ1) is 6.16. The topological polar surface area (TPSA) is 3.24 Å². The van der Waals surface area contributed by atoms with Gasteiger partial charge in [0.25, 0.3) is 0 Å². The highest BCUT2D eigenvalue weighted by Gasteiger charge is 2.08. The Morgan fingerprint density at radius 1 is 1.23 bits per heavy atom. The second-order valence-electron chi connectivity index (χ2n) is 3.76. The van der Waals surface area contributed by atoms with Crippen molar-refractivity contribution >= 4 is 5.69 Å². The zero-order valence-corrected chi connectivity index (χ0v) is 9.04. The maximum atomic E-state index is 2.28. The third-order valence-electron chi connectivity index (χ3n) is 2.56. The lowest BCUT2D eigenvalue weighted by Crippen LogP contribution is -2.12. The third kappa shape index (κ3) is 2.24. The average Bonchev–Trinajstić information content (AvgIpc) is 2.16. The van der Waals surface area contributed by atoms with Crippen LogP contribution in [-0.2, 0) is 0 Å². The normalized spacial score (nSPS) is 12.6. The average molecular weight is 177 g/mol. The van der Waals surface area contributed by atoms with Crippen LogP contribution in [0.15, 0.2) is 24.3 Å². The largest absolute Gasteiger partial charge is 0.377 e. The third-order valence-corrected chi connectivity index (χ3v) is 2.56. The maximum absolute atomic E-state index is 2.28. The second kappa shape index (κ2) is 4.31. The van der Waals surface area contributed by atoms with Crippen molar-refractivity contribution in [3.63, 3.8) is 0 Å². The van der Waals surface area contributed by atoms with Crippen LogP contribution >= 0.6 is 0 Å². The van der Waals surface area contributed by atoms with Gasteiger partial charge in [-0.3, -0.25) is 0 Å². The molecule has 1 aromatic carbocycles. The highest BCUT2D eigenvalue weighted by atomic mass is 15.1. The zero-order valence-electron chi connectivity index (χ0n) is 9.04. The van der Waals surface area contributed by atoms with E-state index in [0.717, 1.165) is 0 Å². The molecule has 0 heterocycles. The molecule has 0 spiro atoms. The van der Waals surface area contributed by atoms with Crippen molar-refractivity contribution in [2.24, 2.45) is 0 Å². The summed E-state index contributed by atoms with van der Waals surface area (Å²) in [5.74, 6) is 0.651. The monoisotopic (exact) mass is 177 g/mol. The predicted octanol–water partition coefficient (Wildman–Crippen LogP) is 3.27. The lowest BCUT2D eigenvalue weighted by molar-refractivity contribution is 0.731. The van der Waals surface area contributed by atoms with Crippen LogP contribution in [0.2, 0.25) is 0 Å². The van der Waals surface area contributed by atoms with E-state index < -0.39 is 0 Å². The maximum Gasteiger partial charge on any atom is 0.0396 e. The summed E-state index contributed by atoms with van der Waals surface area (Å²) < 4.78 is 0. The fourth-order valence-electron chi connectivity index (χ4n) is 1.53. The van der Waals surface area contributed by atoms with Gasteiger partial charge in [0, 0.05) is 19.8 Å². The summed E-state index contributed by atoms with van der Waals surface area (Å²) in [5, 5.41) is 0. The highest BCUT2D eigenvalue weighted by molar-refractivity contribution is 5.53. The van der Waals surface area contributed by atoms with E-state index in [9.17, 15) is 0 Å². The predicted molar refractivity (Wildman–Crippen MR) is 59.5 cm³/mol. The Kier molecular flexibility index (Phi) is 3.35. The molecule has 0 aliphatic carbocycles. The van der Waals surface area contributed by atoms with E-state index in [1.54, 1.807) is 0 Å². The summed E-state index contributed by atoms with van der Waals surface area (Å²) in [7, 11) is 4.20. The van der Waals surface area contributed by atoms with Crippen molar-refractivity contribution in [2.45, 2.75) is 26.2 Å². The first-order valence-electron chi connectivity index (χ1n) is 4.93. The van der Waals surface area contributed by atoms with Crippen LogP contribution in [0.25, 0.3) is 0 Å². The molecule has 72 valence electrons. The molecule has 0 aliphatic rings. The Morgan fingerprint density at radius 3 is 2.38 bits per heavy atom. The van der Waals surface area contributed by atoms with Gasteiger partial charge in [0.05, 0.1) is 0 Å². The number of rotatable bonds is 3. The van der Waals surface area contributed by atoms with Gasteiger partial charge in [-0.25, -0.2) is 0 Å². The molecule has 0 aliphatic heterocycles. The molecule has 0 aromatic heterocycles. The van der Waals surface area contributed by atoms with Gasteiger partial charge in [-0.05, 0) is 24.0 Å². The Balaban J connectivity index is 3.04. The number of anilines is 1. The Hall–Kier alpha value is -0.980. The molecule has 0 fully saturated rings.